The average molecular weight is 298 g/mol. The Labute approximate surface area is 136 Å². The summed E-state index contributed by atoms with van der Waals surface area (Å²) < 4.78 is 2.34. The lowest BCUT2D eigenvalue weighted by atomic mass is 10.0. The number of aryl methyl sites for hydroxylation is 1. The molecule has 0 N–H and O–H groups in total. The molecule has 0 aliphatic carbocycles. The minimum Gasteiger partial charge on any atom is -0.317 e. The average Bonchev–Trinajstić information content (AvgIpc) is 2.96. The summed E-state index contributed by atoms with van der Waals surface area (Å²) in [6, 6.07) is 25.4. The largest absolute Gasteiger partial charge is 0.317 e. The van der Waals surface area contributed by atoms with Gasteiger partial charge in [-0.05, 0) is 42.8 Å². The fourth-order valence-corrected chi connectivity index (χ4v) is 3.19. The summed E-state index contributed by atoms with van der Waals surface area (Å²) in [5, 5.41) is 0. The van der Waals surface area contributed by atoms with Crippen molar-refractivity contribution < 1.29 is 0 Å². The van der Waals surface area contributed by atoms with E-state index >= 15 is 0 Å². The molecule has 0 saturated heterocycles. The number of nitrogens with zero attached hydrogens (tertiary/aromatic N) is 2. The number of rotatable bonds is 3. The van der Waals surface area contributed by atoms with Gasteiger partial charge in [0.2, 0.25) is 0 Å². The van der Waals surface area contributed by atoms with Gasteiger partial charge in [-0.2, -0.15) is 0 Å². The second-order valence-electron chi connectivity index (χ2n) is 5.80. The molecule has 4 aromatic rings. The van der Waals surface area contributed by atoms with Crippen LogP contribution in [-0.2, 0) is 6.42 Å². The molecule has 4 rings (SSSR count). The minimum atomic E-state index is 0.823. The van der Waals surface area contributed by atoms with Gasteiger partial charge in [0.1, 0.15) is 0 Å². The van der Waals surface area contributed by atoms with Gasteiger partial charge in [0.05, 0.1) is 0 Å². The fourth-order valence-electron chi connectivity index (χ4n) is 3.19. The monoisotopic (exact) mass is 298 g/mol. The summed E-state index contributed by atoms with van der Waals surface area (Å²) in [5.41, 5.74) is 7.40. The highest BCUT2D eigenvalue weighted by atomic mass is 14.9. The van der Waals surface area contributed by atoms with Gasteiger partial charge in [-0.25, -0.2) is 0 Å². The molecule has 0 aliphatic rings. The molecular formula is C21H18N2. The number of hydrogen-bond donors (Lipinski definition) is 0. The number of fused-ring (bicyclic) bond motifs is 1. The molecule has 3 aromatic heterocycles. The topological polar surface area (TPSA) is 17.3 Å². The lowest BCUT2D eigenvalue weighted by Gasteiger charge is -2.09. The Morgan fingerprint density at radius 3 is 2.48 bits per heavy atom. The summed E-state index contributed by atoms with van der Waals surface area (Å²) in [7, 11) is 0. The van der Waals surface area contributed by atoms with Gasteiger partial charge in [0.15, 0.2) is 0 Å². The SMILES string of the molecule is Cc1cccc2cc(-c3ccccc3)c(Cc3ccccn3)n12. The van der Waals surface area contributed by atoms with Crippen molar-refractivity contribution in [3.8, 4) is 11.1 Å². The molecule has 0 amide bonds. The molecule has 112 valence electrons. The first-order valence-corrected chi connectivity index (χ1v) is 7.88. The van der Waals surface area contributed by atoms with Gasteiger partial charge in [0, 0.05) is 40.8 Å². The summed E-state index contributed by atoms with van der Waals surface area (Å²) in [4.78, 5) is 4.51. The van der Waals surface area contributed by atoms with Crippen LogP contribution in [0, 0.1) is 6.92 Å². The van der Waals surface area contributed by atoms with E-state index in [1.54, 1.807) is 0 Å². The maximum absolute atomic E-state index is 4.51. The van der Waals surface area contributed by atoms with Crippen LogP contribution in [0.5, 0.6) is 0 Å². The molecular weight excluding hydrogens is 280 g/mol. The van der Waals surface area contributed by atoms with E-state index in [-0.39, 0.29) is 0 Å². The van der Waals surface area contributed by atoms with Crippen LogP contribution in [0.1, 0.15) is 17.1 Å². The normalized spacial score (nSPS) is 11.0. The minimum absolute atomic E-state index is 0.823. The van der Waals surface area contributed by atoms with Crippen molar-refractivity contribution in [2.24, 2.45) is 0 Å². The molecule has 2 nitrogen and oxygen atoms in total. The van der Waals surface area contributed by atoms with Crippen molar-refractivity contribution in [1.82, 2.24) is 9.38 Å². The summed E-state index contributed by atoms with van der Waals surface area (Å²) in [6.07, 6.45) is 2.68. The Kier molecular flexibility index (Phi) is 3.43. The smallest absolute Gasteiger partial charge is 0.0462 e. The van der Waals surface area contributed by atoms with Crippen LogP contribution in [0.15, 0.2) is 79.0 Å². The van der Waals surface area contributed by atoms with Gasteiger partial charge >= 0.3 is 0 Å². The van der Waals surface area contributed by atoms with Crippen LogP contribution < -0.4 is 0 Å². The van der Waals surface area contributed by atoms with Crippen LogP contribution in [0.25, 0.3) is 16.6 Å². The van der Waals surface area contributed by atoms with Crippen molar-refractivity contribution in [2.45, 2.75) is 13.3 Å². The molecule has 3 heterocycles. The Bertz CT molecular complexity index is 938. The van der Waals surface area contributed by atoms with Crippen LogP contribution in [0.2, 0.25) is 0 Å². The van der Waals surface area contributed by atoms with Crippen LogP contribution in [0.4, 0.5) is 0 Å². The third-order valence-electron chi connectivity index (χ3n) is 4.25. The number of benzene rings is 1. The maximum atomic E-state index is 4.51. The van der Waals surface area contributed by atoms with E-state index in [1.807, 2.05) is 18.3 Å². The number of hydrogen-bond acceptors (Lipinski definition) is 1. The van der Waals surface area contributed by atoms with E-state index < -0.39 is 0 Å². The van der Waals surface area contributed by atoms with Crippen molar-refractivity contribution >= 4 is 5.52 Å². The number of pyridine rings is 2. The first-order valence-electron chi connectivity index (χ1n) is 7.88. The summed E-state index contributed by atoms with van der Waals surface area (Å²) >= 11 is 0. The molecule has 0 spiro atoms. The van der Waals surface area contributed by atoms with Gasteiger partial charge in [-0.1, -0.05) is 42.5 Å². The third kappa shape index (κ3) is 2.53. The Hall–Kier alpha value is -2.87. The van der Waals surface area contributed by atoms with Gasteiger partial charge in [0.25, 0.3) is 0 Å². The molecule has 1 aromatic carbocycles. The molecule has 0 bridgehead atoms. The van der Waals surface area contributed by atoms with Gasteiger partial charge in [-0.3, -0.25) is 4.98 Å². The van der Waals surface area contributed by atoms with E-state index in [9.17, 15) is 0 Å². The lowest BCUT2D eigenvalue weighted by molar-refractivity contribution is 0.956. The maximum Gasteiger partial charge on any atom is 0.0462 e. The Morgan fingerprint density at radius 1 is 0.870 bits per heavy atom. The van der Waals surface area contributed by atoms with Crippen molar-refractivity contribution in [3.05, 3.63) is 96.1 Å². The van der Waals surface area contributed by atoms with Gasteiger partial charge < -0.3 is 4.40 Å². The highest BCUT2D eigenvalue weighted by molar-refractivity contribution is 5.74. The molecule has 2 heteroatoms. The van der Waals surface area contributed by atoms with Gasteiger partial charge in [-0.15, -0.1) is 0 Å². The summed E-state index contributed by atoms with van der Waals surface area (Å²) in [5.74, 6) is 0. The first kappa shape index (κ1) is 13.8. The molecule has 0 atom stereocenters. The van der Waals surface area contributed by atoms with Crippen molar-refractivity contribution in [2.75, 3.05) is 0 Å². The standard InChI is InChI=1S/C21H18N2/c1-16-8-7-12-19-15-20(17-9-3-2-4-10-17)21(23(16)19)14-18-11-5-6-13-22-18/h2-13,15H,14H2,1H3. The van der Waals surface area contributed by atoms with E-state index in [1.165, 1.54) is 28.0 Å². The summed E-state index contributed by atoms with van der Waals surface area (Å²) in [6.45, 7) is 2.16. The second kappa shape index (κ2) is 5.73. The predicted octanol–water partition coefficient (Wildman–Crippen LogP) is 4.90. The molecule has 0 radical (unpaired) electrons. The lowest BCUT2D eigenvalue weighted by Crippen LogP contribution is -2.00. The first-order chi connectivity index (χ1) is 11.3. The molecule has 23 heavy (non-hydrogen) atoms. The number of aromatic nitrogens is 2. The molecule has 0 unspecified atom stereocenters. The molecule has 0 fully saturated rings. The Morgan fingerprint density at radius 2 is 1.70 bits per heavy atom. The zero-order valence-corrected chi connectivity index (χ0v) is 13.1. The predicted molar refractivity (Wildman–Crippen MR) is 94.6 cm³/mol. The van der Waals surface area contributed by atoms with Crippen LogP contribution in [-0.4, -0.2) is 9.38 Å². The zero-order chi connectivity index (χ0) is 15.6. The van der Waals surface area contributed by atoms with E-state index in [2.05, 4.69) is 77.0 Å². The zero-order valence-electron chi connectivity index (χ0n) is 13.1. The van der Waals surface area contributed by atoms with Crippen LogP contribution >= 0.6 is 0 Å². The second-order valence-corrected chi connectivity index (χ2v) is 5.80. The fraction of sp³-hybridized carbons (Fsp3) is 0.0952. The highest BCUT2D eigenvalue weighted by Gasteiger charge is 2.14. The van der Waals surface area contributed by atoms with Crippen molar-refractivity contribution in [1.29, 1.82) is 0 Å². The molecule has 0 saturated carbocycles. The van der Waals surface area contributed by atoms with Crippen molar-refractivity contribution in [3.63, 3.8) is 0 Å². The molecule has 0 aliphatic heterocycles. The van der Waals surface area contributed by atoms with E-state index in [4.69, 9.17) is 0 Å². The third-order valence-corrected chi connectivity index (χ3v) is 4.25. The van der Waals surface area contributed by atoms with Crippen LogP contribution in [0.3, 0.4) is 0 Å². The van der Waals surface area contributed by atoms with E-state index in [0.717, 1.165) is 12.1 Å². The quantitative estimate of drug-likeness (QED) is 0.526. The van der Waals surface area contributed by atoms with E-state index in [0.29, 0.717) is 0 Å². The highest BCUT2D eigenvalue weighted by Crippen LogP contribution is 2.30. The Balaban J connectivity index is 1.95.